The Bertz CT molecular complexity index is 1450. The molecule has 214 valence electrons. The Labute approximate surface area is 238 Å². The fourth-order valence-electron chi connectivity index (χ4n) is 4.26. The molecule has 3 aromatic carbocycles. The molecule has 3 rings (SSSR count). The topological polar surface area (TPSA) is 96.0 Å². The number of hydrogen-bond donors (Lipinski definition) is 1. The van der Waals surface area contributed by atoms with Crippen molar-refractivity contribution >= 4 is 27.5 Å². The Morgan fingerprint density at radius 1 is 0.950 bits per heavy atom. The second kappa shape index (κ2) is 12.6. The fraction of sp³-hybridized carbons (Fsp3) is 0.355. The second-order valence-electron chi connectivity index (χ2n) is 10.8. The number of nitrogens with one attached hydrogen (secondary N) is 1. The molecule has 8 nitrogen and oxygen atoms in total. The number of anilines is 1. The third-order valence-corrected chi connectivity index (χ3v) is 8.38. The Hall–Kier alpha value is -3.85. The summed E-state index contributed by atoms with van der Waals surface area (Å²) in [6.45, 7) is 10.5. The highest BCUT2D eigenvalue weighted by Crippen LogP contribution is 2.29. The van der Waals surface area contributed by atoms with Gasteiger partial charge < -0.3 is 15.0 Å². The van der Waals surface area contributed by atoms with Crippen molar-refractivity contribution in [2.75, 3.05) is 18.0 Å². The summed E-state index contributed by atoms with van der Waals surface area (Å²) in [4.78, 5) is 28.8. The molecular formula is C31H39N3O5S. The number of aryl methyl sites for hydroxylation is 1. The summed E-state index contributed by atoms with van der Waals surface area (Å²) >= 11 is 0. The van der Waals surface area contributed by atoms with Crippen LogP contribution >= 0.6 is 0 Å². The maximum absolute atomic E-state index is 14.1. The van der Waals surface area contributed by atoms with Crippen LogP contribution in [0.2, 0.25) is 0 Å². The monoisotopic (exact) mass is 565 g/mol. The van der Waals surface area contributed by atoms with E-state index in [0.29, 0.717) is 11.4 Å². The molecule has 0 heterocycles. The molecule has 0 fully saturated rings. The lowest BCUT2D eigenvalue weighted by Gasteiger charge is -2.34. The van der Waals surface area contributed by atoms with Crippen molar-refractivity contribution in [1.29, 1.82) is 0 Å². The van der Waals surface area contributed by atoms with Gasteiger partial charge in [-0.05, 0) is 88.6 Å². The molecule has 0 saturated heterocycles. The molecule has 0 aromatic heterocycles. The molecule has 0 radical (unpaired) electrons. The Kier molecular flexibility index (Phi) is 9.63. The number of ether oxygens (including phenoxy) is 1. The van der Waals surface area contributed by atoms with Crippen LogP contribution in [0, 0.1) is 13.8 Å². The lowest BCUT2D eigenvalue weighted by atomic mass is 10.1. The predicted octanol–water partition coefficient (Wildman–Crippen LogP) is 4.84. The van der Waals surface area contributed by atoms with E-state index in [0.717, 1.165) is 21.0 Å². The molecule has 1 atom stereocenters. The van der Waals surface area contributed by atoms with Crippen molar-refractivity contribution < 1.29 is 22.7 Å². The van der Waals surface area contributed by atoms with Crippen molar-refractivity contribution in [2.24, 2.45) is 0 Å². The van der Waals surface area contributed by atoms with Gasteiger partial charge in [0, 0.05) is 12.1 Å². The van der Waals surface area contributed by atoms with E-state index in [4.69, 9.17) is 4.74 Å². The largest absolute Gasteiger partial charge is 0.497 e. The number of rotatable bonds is 10. The van der Waals surface area contributed by atoms with E-state index >= 15 is 0 Å². The van der Waals surface area contributed by atoms with Crippen LogP contribution in [0.3, 0.4) is 0 Å². The molecular weight excluding hydrogens is 526 g/mol. The summed E-state index contributed by atoms with van der Waals surface area (Å²) in [6, 6.07) is 19.7. The number of benzene rings is 3. The number of methoxy groups -OCH3 is 1. The predicted molar refractivity (Wildman–Crippen MR) is 158 cm³/mol. The first-order chi connectivity index (χ1) is 18.7. The van der Waals surface area contributed by atoms with Gasteiger partial charge in [-0.2, -0.15) is 0 Å². The van der Waals surface area contributed by atoms with Crippen molar-refractivity contribution in [3.63, 3.8) is 0 Å². The zero-order valence-electron chi connectivity index (χ0n) is 24.3. The lowest BCUT2D eigenvalue weighted by molar-refractivity contribution is -0.140. The van der Waals surface area contributed by atoms with Gasteiger partial charge in [-0.3, -0.25) is 13.9 Å². The normalized spacial score (nSPS) is 12.4. The van der Waals surface area contributed by atoms with Gasteiger partial charge in [-0.25, -0.2) is 8.42 Å². The van der Waals surface area contributed by atoms with Crippen LogP contribution in [0.4, 0.5) is 5.69 Å². The van der Waals surface area contributed by atoms with Crippen molar-refractivity contribution in [2.45, 2.75) is 64.6 Å². The third kappa shape index (κ3) is 7.41. The maximum Gasteiger partial charge on any atom is 0.264 e. The number of nitrogens with zero attached hydrogens (tertiary/aromatic N) is 2. The summed E-state index contributed by atoms with van der Waals surface area (Å²) in [7, 11) is -2.56. The van der Waals surface area contributed by atoms with Crippen LogP contribution < -0.4 is 14.4 Å². The molecule has 40 heavy (non-hydrogen) atoms. The number of hydrogen-bond acceptors (Lipinski definition) is 5. The van der Waals surface area contributed by atoms with Gasteiger partial charge in [0.15, 0.2) is 0 Å². The number of carbonyl (C=O) groups excluding carboxylic acids is 2. The summed E-state index contributed by atoms with van der Waals surface area (Å²) in [5.74, 6) is -0.242. The summed E-state index contributed by atoms with van der Waals surface area (Å²) in [5, 5.41) is 2.93. The van der Waals surface area contributed by atoms with Gasteiger partial charge in [-0.1, -0.05) is 42.5 Å². The first-order valence-electron chi connectivity index (χ1n) is 13.1. The Morgan fingerprint density at radius 3 is 2.23 bits per heavy atom. The minimum absolute atomic E-state index is 0.0709. The summed E-state index contributed by atoms with van der Waals surface area (Å²) < 4.78 is 34.4. The highest BCUT2D eigenvalue weighted by atomic mass is 32.2. The quantitative estimate of drug-likeness (QED) is 0.380. The van der Waals surface area contributed by atoms with Crippen LogP contribution in [0.25, 0.3) is 0 Å². The van der Waals surface area contributed by atoms with E-state index < -0.39 is 34.1 Å². The van der Waals surface area contributed by atoms with Gasteiger partial charge in [0.1, 0.15) is 18.3 Å². The molecule has 0 saturated carbocycles. The summed E-state index contributed by atoms with van der Waals surface area (Å²) in [6.07, 6.45) is 0. The SMILES string of the molecule is COc1cccc(CN(C(=O)CN(c2cccc(C)c2C)S(=O)(=O)c2ccccc2)C(C)C(=O)NC(C)(C)C)c1. The molecule has 1 unspecified atom stereocenters. The number of sulfonamides is 1. The molecule has 0 aliphatic heterocycles. The summed E-state index contributed by atoms with van der Waals surface area (Å²) in [5.41, 5.74) is 2.27. The van der Waals surface area contributed by atoms with Gasteiger partial charge in [0.25, 0.3) is 10.0 Å². The minimum Gasteiger partial charge on any atom is -0.497 e. The average molecular weight is 566 g/mol. The van der Waals surface area contributed by atoms with Gasteiger partial charge in [-0.15, -0.1) is 0 Å². The Balaban J connectivity index is 2.08. The van der Waals surface area contributed by atoms with Crippen molar-refractivity contribution in [3.8, 4) is 5.75 Å². The van der Waals surface area contributed by atoms with Crippen LogP contribution in [0.15, 0.2) is 77.7 Å². The van der Waals surface area contributed by atoms with Crippen LogP contribution in [0.1, 0.15) is 44.4 Å². The molecule has 9 heteroatoms. The smallest absolute Gasteiger partial charge is 0.264 e. The highest BCUT2D eigenvalue weighted by molar-refractivity contribution is 7.92. The molecule has 1 N–H and O–H groups in total. The van der Waals surface area contributed by atoms with Crippen molar-refractivity contribution in [3.05, 3.63) is 89.5 Å². The average Bonchev–Trinajstić information content (AvgIpc) is 2.91. The zero-order chi connectivity index (χ0) is 29.7. The second-order valence-corrected chi connectivity index (χ2v) is 12.7. The molecule has 0 aliphatic carbocycles. The zero-order valence-corrected chi connectivity index (χ0v) is 25.1. The Morgan fingerprint density at radius 2 is 1.60 bits per heavy atom. The van der Waals surface area contributed by atoms with E-state index in [-0.39, 0.29) is 17.3 Å². The van der Waals surface area contributed by atoms with Gasteiger partial charge >= 0.3 is 0 Å². The number of amides is 2. The minimum atomic E-state index is -4.11. The molecule has 0 spiro atoms. The van der Waals surface area contributed by atoms with E-state index in [1.54, 1.807) is 62.6 Å². The maximum atomic E-state index is 14.1. The van der Waals surface area contributed by atoms with Crippen molar-refractivity contribution in [1.82, 2.24) is 10.2 Å². The van der Waals surface area contributed by atoms with E-state index in [2.05, 4.69) is 5.32 Å². The lowest BCUT2D eigenvalue weighted by Crippen LogP contribution is -2.54. The van der Waals surface area contributed by atoms with E-state index in [1.165, 1.54) is 17.0 Å². The van der Waals surface area contributed by atoms with Crippen LogP contribution in [0.5, 0.6) is 5.75 Å². The van der Waals surface area contributed by atoms with Crippen LogP contribution in [-0.4, -0.2) is 50.4 Å². The van der Waals surface area contributed by atoms with E-state index in [1.807, 2.05) is 46.8 Å². The standard InChI is InChI=1S/C31H39N3O5S/c1-22-13-11-18-28(23(22)2)34(40(37,38)27-16-9-8-10-17-27)21-29(35)33(24(3)30(36)32-31(4,5)6)20-25-14-12-15-26(19-25)39-7/h8-19,24H,20-21H2,1-7H3,(H,32,36). The van der Waals surface area contributed by atoms with Crippen LogP contribution in [-0.2, 0) is 26.2 Å². The first-order valence-corrected chi connectivity index (χ1v) is 14.6. The molecule has 2 amide bonds. The van der Waals surface area contributed by atoms with Gasteiger partial charge in [0.2, 0.25) is 11.8 Å². The number of carbonyl (C=O) groups is 2. The first kappa shape index (κ1) is 30.7. The van der Waals surface area contributed by atoms with Gasteiger partial charge in [0.05, 0.1) is 17.7 Å². The fourth-order valence-corrected chi connectivity index (χ4v) is 5.76. The molecule has 0 aliphatic rings. The molecule has 0 bridgehead atoms. The molecule has 3 aromatic rings. The highest BCUT2D eigenvalue weighted by Gasteiger charge is 2.34. The van der Waals surface area contributed by atoms with E-state index in [9.17, 15) is 18.0 Å². The third-order valence-electron chi connectivity index (χ3n) is 6.61.